The van der Waals surface area contributed by atoms with Crippen LogP contribution < -0.4 is 31.9 Å². The molecule has 3 aliphatic rings. The predicted octanol–water partition coefficient (Wildman–Crippen LogP) is 1.86. The number of Topliss-reactive ketones (excluding diaryl/α,β-unsaturated/α-hetero) is 1. The van der Waals surface area contributed by atoms with Gasteiger partial charge in [0.25, 0.3) is 11.8 Å². The lowest BCUT2D eigenvalue weighted by atomic mass is 9.89. The van der Waals surface area contributed by atoms with E-state index >= 15 is 0 Å². The number of ketones is 1. The van der Waals surface area contributed by atoms with Crippen LogP contribution >= 0.6 is 0 Å². The van der Waals surface area contributed by atoms with Gasteiger partial charge in [0, 0.05) is 79.5 Å². The van der Waals surface area contributed by atoms with E-state index in [-0.39, 0.29) is 81.1 Å². The Morgan fingerprint density at radius 2 is 1.29 bits per heavy atom. The zero-order valence-corrected chi connectivity index (χ0v) is 61.1. The van der Waals surface area contributed by atoms with Crippen molar-refractivity contribution in [2.45, 2.75) is 168 Å². The molecule has 0 aromatic heterocycles. The Bertz CT molecular complexity index is 3070. The van der Waals surface area contributed by atoms with E-state index in [1.807, 2.05) is 32.0 Å². The van der Waals surface area contributed by atoms with Crippen LogP contribution in [0.15, 0.2) is 72.8 Å². The molecule has 0 aliphatic carbocycles. The fourth-order valence-corrected chi connectivity index (χ4v) is 13.1. The van der Waals surface area contributed by atoms with Crippen molar-refractivity contribution in [1.82, 2.24) is 56.4 Å². The second-order valence-corrected chi connectivity index (χ2v) is 27.3. The summed E-state index contributed by atoms with van der Waals surface area (Å²) in [6.07, 6.45) is 3.96. The molecule has 2 aromatic carbocycles. The maximum atomic E-state index is 14.9. The van der Waals surface area contributed by atoms with Crippen molar-refractivity contribution in [1.29, 1.82) is 0 Å². The average Bonchev–Trinajstić information content (AvgIpc) is 1.79. The standard InChI is InChI=1S/C73H111N11O17/c1-13-48(6)67(57(98-11)39-63(91)83-33-23-28-55(83)69(99-12)49(7)70(94)77-50(8)68(93)52-26-19-15-20-27-52)81(10)73(97)65(46(2)3)79-72(96)66(47(4)5)80(9)64(92)42-76-71(95)54(38-51-24-17-14-18-25-51)78-59(87)41-74-58(86)40-75-60(88)43-82-34-36-100-44-53(45-101-37-35-82)56(85)29-21-16-22-32-84-61(89)30-31-62(84)90/h14-15,17-20,24-27,30-31,46-50,53-55,57,65-69,93H,13,16,21-23,28-29,32-45H2,1-12H3,(H,74,86)(H,75,88)(H,76,95)(H,77,94)(H,78,87)(H,79,96)/t48-,49+,50+,54-,55+,57+,65-,66-,67-,68+,69+/m0/s1. The zero-order chi connectivity index (χ0) is 74.5. The first-order valence-corrected chi connectivity index (χ1v) is 35.4. The fraction of sp³-hybridized carbons (Fsp3) is 0.644. The minimum absolute atomic E-state index is 0.000303. The van der Waals surface area contributed by atoms with Crippen LogP contribution in [0.2, 0.25) is 0 Å². The number of carbonyl (C=O) groups excluding carboxylic acids is 12. The van der Waals surface area contributed by atoms with Gasteiger partial charge < -0.3 is 70.7 Å². The first-order valence-electron chi connectivity index (χ1n) is 35.4. The van der Waals surface area contributed by atoms with Crippen LogP contribution in [0.3, 0.4) is 0 Å². The van der Waals surface area contributed by atoms with Crippen LogP contribution in [0, 0.1) is 29.6 Å². The van der Waals surface area contributed by atoms with Crippen LogP contribution in [-0.2, 0) is 82.9 Å². The number of hydrogen-bond acceptors (Lipinski definition) is 18. The van der Waals surface area contributed by atoms with E-state index in [2.05, 4.69) is 31.9 Å². The molecule has 3 aliphatic heterocycles. The van der Waals surface area contributed by atoms with Gasteiger partial charge in [-0.3, -0.25) is 67.3 Å². The van der Waals surface area contributed by atoms with E-state index < -0.39 is 139 Å². The van der Waals surface area contributed by atoms with Gasteiger partial charge in [0.15, 0.2) is 0 Å². The molecule has 28 heteroatoms. The van der Waals surface area contributed by atoms with Gasteiger partial charge in [-0.1, -0.05) is 122 Å². The highest BCUT2D eigenvalue weighted by Crippen LogP contribution is 2.31. The SMILES string of the molecule is CC[C@H](C)[C@@H]([C@@H](CC(=O)N1CCC[C@@H]1[C@H](OC)[C@@H](C)C(=O)N[C@H](C)[C@@H](O)c1ccccc1)OC)N(C)C(=O)[C@@H](NC(=O)[C@H](C(C)C)N(C)C(=O)CNC(=O)[C@H](Cc1ccccc1)NC(=O)CNC(=O)CNC(=O)CN1CCOCC(C(=O)CCCCCN2C(=O)C=CC2=O)COCC1)C(C)C. The van der Waals surface area contributed by atoms with E-state index in [1.165, 1.54) is 48.1 Å². The number of aliphatic hydroxyl groups excluding tert-OH is 1. The molecule has 5 rings (SSSR count). The maximum absolute atomic E-state index is 14.9. The fourth-order valence-electron chi connectivity index (χ4n) is 13.1. The van der Waals surface area contributed by atoms with Crippen LogP contribution in [-0.4, -0.2) is 256 Å². The lowest BCUT2D eigenvalue weighted by Crippen LogP contribution is -2.61. The van der Waals surface area contributed by atoms with Crippen molar-refractivity contribution in [3.8, 4) is 0 Å². The molecule has 2 fully saturated rings. The number of hydrogen-bond donors (Lipinski definition) is 7. The van der Waals surface area contributed by atoms with Crippen LogP contribution in [0.1, 0.15) is 124 Å². The van der Waals surface area contributed by atoms with E-state index in [0.29, 0.717) is 82.3 Å². The van der Waals surface area contributed by atoms with Gasteiger partial charge in [-0.2, -0.15) is 0 Å². The molecule has 101 heavy (non-hydrogen) atoms. The molecule has 3 heterocycles. The number of nitrogens with zero attached hydrogens (tertiary/aromatic N) is 5. The molecular formula is C73H111N11O17. The van der Waals surface area contributed by atoms with E-state index in [1.54, 1.807) is 101 Å². The molecule has 0 unspecified atom stereocenters. The number of carbonyl (C=O) groups is 12. The zero-order valence-electron chi connectivity index (χ0n) is 61.1. The molecule has 0 radical (unpaired) electrons. The molecule has 0 saturated carbocycles. The minimum atomic E-state index is -1.23. The molecule has 11 atom stereocenters. The summed E-state index contributed by atoms with van der Waals surface area (Å²) in [5.74, 6) is -7.92. The number of amides is 11. The summed E-state index contributed by atoms with van der Waals surface area (Å²) in [6.45, 7) is 14.9. The molecule has 2 aromatic rings. The van der Waals surface area contributed by atoms with Crippen molar-refractivity contribution < 1.29 is 81.6 Å². The van der Waals surface area contributed by atoms with Gasteiger partial charge in [-0.05, 0) is 61.5 Å². The average molecular weight is 1410 g/mol. The van der Waals surface area contributed by atoms with Crippen molar-refractivity contribution in [3.63, 3.8) is 0 Å². The van der Waals surface area contributed by atoms with Gasteiger partial charge in [0.05, 0.1) is 107 Å². The molecular weight excluding hydrogens is 1300 g/mol. The Kier molecular flexibility index (Phi) is 35.1. The number of methoxy groups -OCH3 is 2. The molecule has 0 bridgehead atoms. The Morgan fingerprint density at radius 3 is 1.88 bits per heavy atom. The third-order valence-corrected chi connectivity index (χ3v) is 19.2. The normalized spacial score (nSPS) is 18.4. The highest BCUT2D eigenvalue weighted by atomic mass is 16.5. The highest BCUT2D eigenvalue weighted by Gasteiger charge is 2.44. The van der Waals surface area contributed by atoms with Crippen LogP contribution in [0.25, 0.3) is 0 Å². The smallest absolute Gasteiger partial charge is 0.253 e. The van der Waals surface area contributed by atoms with Gasteiger partial charge in [-0.25, -0.2) is 0 Å². The molecule has 28 nitrogen and oxygen atoms in total. The monoisotopic (exact) mass is 1410 g/mol. The number of aliphatic hydroxyl groups is 1. The molecule has 11 amide bonds. The molecule has 560 valence electrons. The Labute approximate surface area is 594 Å². The predicted molar refractivity (Wildman–Crippen MR) is 375 cm³/mol. The number of likely N-dealkylation sites (tertiary alicyclic amines) is 1. The Hall–Kier alpha value is -8.02. The summed E-state index contributed by atoms with van der Waals surface area (Å²) in [5, 5.41) is 27.1. The first kappa shape index (κ1) is 83.6. The quantitative estimate of drug-likeness (QED) is 0.0371. The number of nitrogens with one attached hydrogen (secondary N) is 6. The number of benzene rings is 2. The highest BCUT2D eigenvalue weighted by molar-refractivity contribution is 6.12. The second-order valence-electron chi connectivity index (χ2n) is 27.3. The van der Waals surface area contributed by atoms with Gasteiger partial charge in [0.2, 0.25) is 53.2 Å². The lowest BCUT2D eigenvalue weighted by molar-refractivity contribution is -0.148. The third-order valence-electron chi connectivity index (χ3n) is 19.2. The van der Waals surface area contributed by atoms with E-state index in [0.717, 1.165) is 0 Å². The van der Waals surface area contributed by atoms with Gasteiger partial charge in [-0.15, -0.1) is 0 Å². The summed E-state index contributed by atoms with van der Waals surface area (Å²) in [7, 11) is 6.03. The Morgan fingerprint density at radius 1 is 0.673 bits per heavy atom. The van der Waals surface area contributed by atoms with Crippen LogP contribution in [0.4, 0.5) is 0 Å². The second kappa shape index (κ2) is 42.4. The summed E-state index contributed by atoms with van der Waals surface area (Å²) in [6, 6.07) is 12.7. The lowest BCUT2D eigenvalue weighted by Gasteiger charge is -2.41. The van der Waals surface area contributed by atoms with Crippen molar-refractivity contribution in [2.75, 3.05) is 107 Å². The molecule has 7 N–H and O–H groups in total. The topological polar surface area (TPSA) is 350 Å². The molecule has 0 spiro atoms. The largest absolute Gasteiger partial charge is 0.386 e. The van der Waals surface area contributed by atoms with E-state index in [9.17, 15) is 62.6 Å². The first-order chi connectivity index (χ1) is 48.1. The summed E-state index contributed by atoms with van der Waals surface area (Å²) in [5.41, 5.74) is 1.33. The van der Waals surface area contributed by atoms with Crippen molar-refractivity contribution in [3.05, 3.63) is 83.9 Å². The van der Waals surface area contributed by atoms with Gasteiger partial charge >= 0.3 is 0 Å². The maximum Gasteiger partial charge on any atom is 0.253 e. The minimum Gasteiger partial charge on any atom is -0.386 e. The van der Waals surface area contributed by atoms with E-state index in [4.69, 9.17) is 18.9 Å². The van der Waals surface area contributed by atoms with Gasteiger partial charge in [0.1, 0.15) is 23.9 Å². The number of likely N-dealkylation sites (N-methyl/N-ethyl adjacent to an activating group) is 2. The third kappa shape index (κ3) is 25.8. The number of ether oxygens (including phenoxy) is 4. The molecule has 2 saturated heterocycles. The summed E-state index contributed by atoms with van der Waals surface area (Å²) < 4.78 is 23.7. The van der Waals surface area contributed by atoms with Crippen molar-refractivity contribution in [2.24, 2.45) is 29.6 Å². The number of unbranched alkanes of at least 4 members (excludes halogenated alkanes) is 2. The summed E-state index contributed by atoms with van der Waals surface area (Å²) in [4.78, 5) is 169. The Balaban J connectivity index is 1.11. The summed E-state index contributed by atoms with van der Waals surface area (Å²) >= 11 is 0. The van der Waals surface area contributed by atoms with Crippen LogP contribution in [0.5, 0.6) is 0 Å². The number of rotatable bonds is 39. The number of imide groups is 1. The van der Waals surface area contributed by atoms with Crippen molar-refractivity contribution >= 4 is 70.8 Å².